The van der Waals surface area contributed by atoms with Gasteiger partial charge in [0, 0.05) is 12.6 Å². The van der Waals surface area contributed by atoms with Crippen LogP contribution in [0.4, 0.5) is 0 Å². The van der Waals surface area contributed by atoms with Gasteiger partial charge in [0.1, 0.15) is 0 Å². The van der Waals surface area contributed by atoms with Gasteiger partial charge in [-0.2, -0.15) is 0 Å². The lowest BCUT2D eigenvalue weighted by Crippen LogP contribution is -2.47. The molecule has 0 aromatic heterocycles. The standard InChI is InChI=1S/C8H15N2O/c1-2-8-5-3-4-6-10(8)9-7-11/h8H,2-6H2,1H3,(H,9,11). The Morgan fingerprint density at radius 3 is 3.09 bits per heavy atom. The molecule has 0 aromatic rings. The van der Waals surface area contributed by atoms with Gasteiger partial charge in [0.05, 0.1) is 0 Å². The summed E-state index contributed by atoms with van der Waals surface area (Å²) >= 11 is 0. The fourth-order valence-electron chi connectivity index (χ4n) is 1.63. The minimum Gasteiger partial charge on any atom is -0.280 e. The summed E-state index contributed by atoms with van der Waals surface area (Å²) in [6.45, 7) is 3.13. The van der Waals surface area contributed by atoms with Crippen LogP contribution in [0, 0.1) is 0 Å². The lowest BCUT2D eigenvalue weighted by molar-refractivity contribution is 0.112. The van der Waals surface area contributed by atoms with Crippen molar-refractivity contribution in [2.75, 3.05) is 6.54 Å². The minimum atomic E-state index is 0.533. The summed E-state index contributed by atoms with van der Waals surface area (Å²) in [6, 6.07) is 0.533. The van der Waals surface area contributed by atoms with Crippen molar-refractivity contribution in [3.63, 3.8) is 0 Å². The number of piperidine rings is 1. The van der Waals surface area contributed by atoms with E-state index in [4.69, 9.17) is 0 Å². The molecule has 1 aliphatic rings. The Balaban J connectivity index is 2.37. The van der Waals surface area contributed by atoms with Crippen LogP contribution in [0.25, 0.3) is 0 Å². The van der Waals surface area contributed by atoms with E-state index in [-0.39, 0.29) is 0 Å². The van der Waals surface area contributed by atoms with Gasteiger partial charge in [0.25, 0.3) is 0 Å². The van der Waals surface area contributed by atoms with E-state index in [1.54, 1.807) is 6.41 Å². The normalized spacial score (nSPS) is 26.5. The van der Waals surface area contributed by atoms with Crippen LogP contribution in [0.5, 0.6) is 0 Å². The highest BCUT2D eigenvalue weighted by Gasteiger charge is 2.19. The fourth-order valence-corrected chi connectivity index (χ4v) is 1.63. The van der Waals surface area contributed by atoms with E-state index in [1.807, 2.05) is 5.01 Å². The number of nitrogens with one attached hydrogen (secondary N) is 1. The molecule has 1 heterocycles. The summed E-state index contributed by atoms with van der Waals surface area (Å²) in [7, 11) is 0. The van der Waals surface area contributed by atoms with Crippen LogP contribution in [0.2, 0.25) is 0 Å². The molecule has 0 spiro atoms. The van der Waals surface area contributed by atoms with Crippen molar-refractivity contribution in [2.45, 2.75) is 38.6 Å². The highest BCUT2D eigenvalue weighted by molar-refractivity contribution is 5.46. The maximum atomic E-state index is 10.1. The molecule has 1 amide bonds. The molecule has 1 unspecified atom stereocenters. The minimum absolute atomic E-state index is 0.533. The quantitative estimate of drug-likeness (QED) is 0.612. The molecule has 11 heavy (non-hydrogen) atoms. The van der Waals surface area contributed by atoms with Gasteiger partial charge < -0.3 is 0 Å². The lowest BCUT2D eigenvalue weighted by Gasteiger charge is -2.33. The molecule has 1 aliphatic heterocycles. The first kappa shape index (κ1) is 8.53. The Kier molecular flexibility index (Phi) is 3.36. The lowest BCUT2D eigenvalue weighted by atomic mass is 10.0. The van der Waals surface area contributed by atoms with Crippen molar-refractivity contribution in [1.82, 2.24) is 10.4 Å². The average Bonchev–Trinajstić information content (AvgIpc) is 2.06. The molecule has 1 N–H and O–H groups in total. The van der Waals surface area contributed by atoms with Crippen molar-refractivity contribution in [2.24, 2.45) is 0 Å². The highest BCUT2D eigenvalue weighted by Crippen LogP contribution is 2.16. The van der Waals surface area contributed by atoms with Crippen LogP contribution in [0.3, 0.4) is 0 Å². The van der Waals surface area contributed by atoms with E-state index in [2.05, 4.69) is 12.3 Å². The molecule has 1 atom stereocenters. The molecule has 63 valence electrons. The molecular formula is C8H15N2O. The molecule has 0 aliphatic carbocycles. The van der Waals surface area contributed by atoms with Crippen LogP contribution in [0.1, 0.15) is 32.6 Å². The number of carbonyl (C=O) groups excluding carboxylic acids is 1. The Morgan fingerprint density at radius 1 is 1.64 bits per heavy atom. The molecule has 3 heteroatoms. The number of hydrogen-bond acceptors (Lipinski definition) is 2. The molecule has 1 radical (unpaired) electrons. The smallest absolute Gasteiger partial charge is 0.280 e. The van der Waals surface area contributed by atoms with Crippen LogP contribution in [0.15, 0.2) is 0 Å². The summed E-state index contributed by atoms with van der Waals surface area (Å²) in [5.74, 6) is 0. The first-order valence-electron chi connectivity index (χ1n) is 4.28. The summed E-state index contributed by atoms with van der Waals surface area (Å²) in [5, 5.41) is 2.00. The summed E-state index contributed by atoms with van der Waals surface area (Å²) in [5.41, 5.74) is 2.61. The third kappa shape index (κ3) is 2.19. The first-order chi connectivity index (χ1) is 5.38. The summed E-state index contributed by atoms with van der Waals surface area (Å²) in [6.07, 6.45) is 6.51. The molecule has 0 bridgehead atoms. The second-order valence-electron chi connectivity index (χ2n) is 2.97. The molecule has 0 saturated carbocycles. The van der Waals surface area contributed by atoms with Gasteiger partial charge in [-0.05, 0) is 19.3 Å². The molecule has 1 rings (SSSR count). The van der Waals surface area contributed by atoms with Crippen LogP contribution in [-0.4, -0.2) is 24.0 Å². The van der Waals surface area contributed by atoms with E-state index in [0.717, 1.165) is 13.0 Å². The maximum Gasteiger partial charge on any atom is 0.324 e. The Hall–Kier alpha value is -0.570. The topological polar surface area (TPSA) is 32.3 Å². The van der Waals surface area contributed by atoms with Crippen molar-refractivity contribution in [3.05, 3.63) is 0 Å². The predicted molar refractivity (Wildman–Crippen MR) is 43.5 cm³/mol. The van der Waals surface area contributed by atoms with Crippen molar-refractivity contribution < 1.29 is 4.79 Å². The van der Waals surface area contributed by atoms with E-state index < -0.39 is 0 Å². The predicted octanol–water partition coefficient (Wildman–Crippen LogP) is 0.823. The average molecular weight is 155 g/mol. The van der Waals surface area contributed by atoms with E-state index in [0.29, 0.717) is 6.04 Å². The number of rotatable bonds is 3. The summed E-state index contributed by atoms with van der Waals surface area (Å²) < 4.78 is 0. The Bertz CT molecular complexity index is 127. The molecule has 0 aromatic carbocycles. The zero-order valence-electron chi connectivity index (χ0n) is 6.97. The number of hydrazine groups is 1. The van der Waals surface area contributed by atoms with Gasteiger partial charge in [0.2, 0.25) is 0 Å². The van der Waals surface area contributed by atoms with Crippen LogP contribution >= 0.6 is 0 Å². The summed E-state index contributed by atoms with van der Waals surface area (Å²) in [4.78, 5) is 10.1. The first-order valence-corrected chi connectivity index (χ1v) is 4.28. The zero-order valence-corrected chi connectivity index (χ0v) is 6.97. The second kappa shape index (κ2) is 4.34. The second-order valence-corrected chi connectivity index (χ2v) is 2.97. The third-order valence-corrected chi connectivity index (χ3v) is 2.29. The van der Waals surface area contributed by atoms with Gasteiger partial charge in [-0.1, -0.05) is 13.3 Å². The zero-order chi connectivity index (χ0) is 8.10. The molecule has 1 saturated heterocycles. The number of amides is 1. The monoisotopic (exact) mass is 155 g/mol. The largest absolute Gasteiger partial charge is 0.324 e. The number of hydrogen-bond donors (Lipinski definition) is 1. The highest BCUT2D eigenvalue weighted by atomic mass is 16.1. The fraction of sp³-hybridized carbons (Fsp3) is 0.875. The molecule has 1 fully saturated rings. The third-order valence-electron chi connectivity index (χ3n) is 2.29. The maximum absolute atomic E-state index is 10.1. The molecule has 3 nitrogen and oxygen atoms in total. The van der Waals surface area contributed by atoms with E-state index in [1.165, 1.54) is 19.3 Å². The van der Waals surface area contributed by atoms with Crippen molar-refractivity contribution >= 4 is 6.41 Å². The van der Waals surface area contributed by atoms with Gasteiger partial charge in [0.15, 0.2) is 0 Å². The number of nitrogens with zero attached hydrogens (tertiary/aromatic N) is 1. The van der Waals surface area contributed by atoms with Gasteiger partial charge in [-0.3, -0.25) is 10.2 Å². The van der Waals surface area contributed by atoms with E-state index in [9.17, 15) is 4.79 Å². The van der Waals surface area contributed by atoms with Crippen LogP contribution < -0.4 is 5.43 Å². The SMILES string of the molecule is CCC1CCCCN1N[C]=O. The van der Waals surface area contributed by atoms with Crippen molar-refractivity contribution in [3.8, 4) is 0 Å². The van der Waals surface area contributed by atoms with Gasteiger partial charge >= 0.3 is 6.41 Å². The van der Waals surface area contributed by atoms with Crippen LogP contribution in [-0.2, 0) is 4.79 Å². The van der Waals surface area contributed by atoms with Crippen molar-refractivity contribution in [1.29, 1.82) is 0 Å². The van der Waals surface area contributed by atoms with Gasteiger partial charge in [-0.15, -0.1) is 0 Å². The van der Waals surface area contributed by atoms with Gasteiger partial charge in [-0.25, -0.2) is 5.01 Å². The Labute approximate surface area is 67.7 Å². The molecular weight excluding hydrogens is 140 g/mol. The Morgan fingerprint density at radius 2 is 2.45 bits per heavy atom. The van der Waals surface area contributed by atoms with E-state index >= 15 is 0 Å².